The van der Waals surface area contributed by atoms with Crippen LogP contribution in [-0.2, 0) is 0 Å². The minimum Gasteiger partial charge on any atom is -0.493 e. The second-order valence-corrected chi connectivity index (χ2v) is 4.46. The van der Waals surface area contributed by atoms with Crippen molar-refractivity contribution < 1.29 is 9.53 Å². The lowest BCUT2D eigenvalue weighted by atomic mass is 10.1. The second kappa shape index (κ2) is 7.01. The summed E-state index contributed by atoms with van der Waals surface area (Å²) < 4.78 is 5.47. The van der Waals surface area contributed by atoms with Crippen LogP contribution < -0.4 is 10.5 Å². The monoisotopic (exact) mass is 250 g/mol. The number of hydrogen-bond acceptors (Lipinski definition) is 3. The van der Waals surface area contributed by atoms with Gasteiger partial charge in [0.05, 0.1) is 12.2 Å². The third-order valence-corrected chi connectivity index (χ3v) is 2.75. The Morgan fingerprint density at radius 1 is 1.44 bits per heavy atom. The Balaban J connectivity index is 2.82. The van der Waals surface area contributed by atoms with Crippen molar-refractivity contribution in [1.29, 1.82) is 0 Å². The molecule has 0 radical (unpaired) electrons. The number of ether oxygens (including phenoxy) is 1. The summed E-state index contributed by atoms with van der Waals surface area (Å²) in [5.74, 6) is 0.898. The van der Waals surface area contributed by atoms with Gasteiger partial charge in [0.2, 0.25) is 0 Å². The number of benzene rings is 1. The van der Waals surface area contributed by atoms with Crippen LogP contribution in [0.1, 0.15) is 24.2 Å². The minimum absolute atomic E-state index is 0.0284. The molecule has 1 aromatic rings. The van der Waals surface area contributed by atoms with Crippen LogP contribution in [0.15, 0.2) is 24.3 Å². The van der Waals surface area contributed by atoms with Crippen molar-refractivity contribution in [3.63, 3.8) is 0 Å². The highest BCUT2D eigenvalue weighted by Gasteiger charge is 2.17. The maximum absolute atomic E-state index is 12.3. The quantitative estimate of drug-likeness (QED) is 0.837. The normalized spacial score (nSPS) is 12.0. The lowest BCUT2D eigenvalue weighted by Gasteiger charge is -2.21. The van der Waals surface area contributed by atoms with Crippen molar-refractivity contribution >= 4 is 5.91 Å². The molecule has 1 atom stereocenters. The van der Waals surface area contributed by atoms with Crippen molar-refractivity contribution in [3.8, 4) is 5.75 Å². The number of para-hydroxylation sites is 1. The van der Waals surface area contributed by atoms with E-state index in [1.54, 1.807) is 18.0 Å². The van der Waals surface area contributed by atoms with Crippen molar-refractivity contribution in [1.82, 2.24) is 4.90 Å². The number of carbonyl (C=O) groups excluding carboxylic acids is 1. The summed E-state index contributed by atoms with van der Waals surface area (Å²) >= 11 is 0. The van der Waals surface area contributed by atoms with Crippen LogP contribution in [0.25, 0.3) is 0 Å². The van der Waals surface area contributed by atoms with Gasteiger partial charge in [-0.25, -0.2) is 0 Å². The molecule has 0 bridgehead atoms. The van der Waals surface area contributed by atoms with Gasteiger partial charge in [-0.2, -0.15) is 0 Å². The predicted molar refractivity (Wildman–Crippen MR) is 72.8 cm³/mol. The molecule has 4 heteroatoms. The zero-order valence-corrected chi connectivity index (χ0v) is 11.3. The molecule has 0 aliphatic rings. The van der Waals surface area contributed by atoms with Crippen molar-refractivity contribution in [3.05, 3.63) is 29.8 Å². The van der Waals surface area contributed by atoms with E-state index in [2.05, 4.69) is 0 Å². The highest BCUT2D eigenvalue weighted by atomic mass is 16.5. The Labute approximate surface area is 109 Å². The Bertz CT molecular complexity index is 393. The number of nitrogens with two attached hydrogens (primary N) is 1. The summed E-state index contributed by atoms with van der Waals surface area (Å²) in [5.41, 5.74) is 6.18. The summed E-state index contributed by atoms with van der Waals surface area (Å²) in [6, 6.07) is 7.31. The van der Waals surface area contributed by atoms with Crippen molar-refractivity contribution in [2.75, 3.05) is 26.7 Å². The molecule has 0 aliphatic carbocycles. The Morgan fingerprint density at radius 3 is 2.72 bits per heavy atom. The molecule has 100 valence electrons. The van der Waals surface area contributed by atoms with Gasteiger partial charge >= 0.3 is 0 Å². The standard InChI is InChI=1S/C14H22N2O2/c1-4-18-13-8-6-5-7-12(13)14(17)16(3)10-11(2)9-15/h5-8,11H,4,9-10,15H2,1-3H3. The highest BCUT2D eigenvalue weighted by molar-refractivity contribution is 5.96. The van der Waals surface area contributed by atoms with E-state index in [9.17, 15) is 4.79 Å². The van der Waals surface area contributed by atoms with Gasteiger partial charge in [-0.15, -0.1) is 0 Å². The molecule has 0 saturated heterocycles. The molecule has 0 saturated carbocycles. The SMILES string of the molecule is CCOc1ccccc1C(=O)N(C)CC(C)CN. The summed E-state index contributed by atoms with van der Waals surface area (Å²) in [6.07, 6.45) is 0. The average molecular weight is 250 g/mol. The van der Waals surface area contributed by atoms with Crippen LogP contribution >= 0.6 is 0 Å². The molecule has 0 fully saturated rings. The van der Waals surface area contributed by atoms with Crippen LogP contribution in [0.4, 0.5) is 0 Å². The van der Waals surface area contributed by atoms with Gasteiger partial charge in [-0.3, -0.25) is 4.79 Å². The average Bonchev–Trinajstić information content (AvgIpc) is 2.38. The second-order valence-electron chi connectivity index (χ2n) is 4.46. The Kier molecular flexibility index (Phi) is 5.65. The van der Waals surface area contributed by atoms with E-state index in [4.69, 9.17) is 10.5 Å². The minimum atomic E-state index is -0.0284. The fourth-order valence-corrected chi connectivity index (χ4v) is 1.76. The molecule has 0 aliphatic heterocycles. The van der Waals surface area contributed by atoms with E-state index in [1.165, 1.54) is 0 Å². The summed E-state index contributed by atoms with van der Waals surface area (Å²) in [7, 11) is 1.79. The molecule has 4 nitrogen and oxygen atoms in total. The zero-order chi connectivity index (χ0) is 13.5. The van der Waals surface area contributed by atoms with E-state index < -0.39 is 0 Å². The molecule has 18 heavy (non-hydrogen) atoms. The number of nitrogens with zero attached hydrogens (tertiary/aromatic N) is 1. The maximum atomic E-state index is 12.3. The first-order valence-electron chi connectivity index (χ1n) is 6.27. The molecule has 1 rings (SSSR count). The Morgan fingerprint density at radius 2 is 2.11 bits per heavy atom. The van der Waals surface area contributed by atoms with Crippen LogP contribution in [-0.4, -0.2) is 37.6 Å². The van der Waals surface area contributed by atoms with Gasteiger partial charge < -0.3 is 15.4 Å². The van der Waals surface area contributed by atoms with E-state index in [0.29, 0.717) is 36.9 Å². The molecular formula is C14H22N2O2. The Hall–Kier alpha value is -1.55. The zero-order valence-electron chi connectivity index (χ0n) is 11.3. The van der Waals surface area contributed by atoms with Gasteiger partial charge in [0.25, 0.3) is 5.91 Å². The van der Waals surface area contributed by atoms with Gasteiger partial charge in [0.15, 0.2) is 0 Å². The van der Waals surface area contributed by atoms with E-state index >= 15 is 0 Å². The van der Waals surface area contributed by atoms with Crippen molar-refractivity contribution in [2.24, 2.45) is 11.7 Å². The molecule has 2 N–H and O–H groups in total. The van der Waals surface area contributed by atoms with Gasteiger partial charge in [0.1, 0.15) is 5.75 Å². The topological polar surface area (TPSA) is 55.6 Å². The molecule has 1 amide bonds. The largest absolute Gasteiger partial charge is 0.493 e. The van der Waals surface area contributed by atoms with Gasteiger partial charge in [-0.1, -0.05) is 19.1 Å². The van der Waals surface area contributed by atoms with Crippen LogP contribution in [0.3, 0.4) is 0 Å². The molecule has 1 unspecified atom stereocenters. The maximum Gasteiger partial charge on any atom is 0.257 e. The van der Waals surface area contributed by atoms with Crippen LogP contribution in [0, 0.1) is 5.92 Å². The van der Waals surface area contributed by atoms with Crippen LogP contribution in [0.5, 0.6) is 5.75 Å². The fourth-order valence-electron chi connectivity index (χ4n) is 1.76. The first kappa shape index (κ1) is 14.5. The third kappa shape index (κ3) is 3.74. The summed E-state index contributed by atoms with van der Waals surface area (Å²) in [6.45, 7) is 5.70. The number of rotatable bonds is 6. The molecule has 0 aromatic heterocycles. The van der Waals surface area contributed by atoms with E-state index in [-0.39, 0.29) is 5.91 Å². The lowest BCUT2D eigenvalue weighted by molar-refractivity contribution is 0.0773. The molecule has 0 heterocycles. The van der Waals surface area contributed by atoms with Crippen molar-refractivity contribution in [2.45, 2.75) is 13.8 Å². The molecule has 0 spiro atoms. The molecular weight excluding hydrogens is 228 g/mol. The third-order valence-electron chi connectivity index (χ3n) is 2.75. The van der Waals surface area contributed by atoms with Gasteiger partial charge in [0, 0.05) is 13.6 Å². The lowest BCUT2D eigenvalue weighted by Crippen LogP contribution is -2.33. The first-order chi connectivity index (χ1) is 8.60. The van der Waals surface area contributed by atoms with E-state index in [0.717, 1.165) is 0 Å². The molecule has 1 aromatic carbocycles. The highest BCUT2D eigenvalue weighted by Crippen LogP contribution is 2.19. The predicted octanol–water partition coefficient (Wildman–Crippen LogP) is 1.75. The summed E-state index contributed by atoms with van der Waals surface area (Å²) in [4.78, 5) is 14.0. The summed E-state index contributed by atoms with van der Waals surface area (Å²) in [5, 5.41) is 0. The van der Waals surface area contributed by atoms with Gasteiger partial charge in [-0.05, 0) is 31.5 Å². The fraction of sp³-hybridized carbons (Fsp3) is 0.500. The number of carbonyl (C=O) groups is 1. The smallest absolute Gasteiger partial charge is 0.257 e. The first-order valence-corrected chi connectivity index (χ1v) is 6.27. The van der Waals surface area contributed by atoms with Crippen LogP contribution in [0.2, 0.25) is 0 Å². The van der Waals surface area contributed by atoms with E-state index in [1.807, 2.05) is 32.0 Å². The number of amides is 1. The number of hydrogen-bond donors (Lipinski definition) is 1.